The van der Waals surface area contributed by atoms with Gasteiger partial charge in [0.25, 0.3) is 0 Å². The number of hydrogen-bond donors (Lipinski definition) is 3. The number of alkyl halides is 3. The van der Waals surface area contributed by atoms with Gasteiger partial charge in [-0.15, -0.1) is 13.2 Å². The average Bonchev–Trinajstić information content (AvgIpc) is 2.21. The molecule has 4 N–H and O–H groups in total. The Morgan fingerprint density at radius 1 is 1.53 bits per heavy atom. The molecular formula is C9H7BrF3N3O3. The number of amides is 2. The summed E-state index contributed by atoms with van der Waals surface area (Å²) in [4.78, 5) is 10.3. The zero-order chi connectivity index (χ0) is 14.6. The van der Waals surface area contributed by atoms with Crippen LogP contribution >= 0.6 is 15.9 Å². The van der Waals surface area contributed by atoms with Gasteiger partial charge in [0.15, 0.2) is 11.5 Å². The Morgan fingerprint density at radius 2 is 2.16 bits per heavy atom. The molecule has 0 aromatic heterocycles. The highest BCUT2D eigenvalue weighted by Crippen LogP contribution is 2.36. The van der Waals surface area contributed by atoms with Crippen LogP contribution in [0.25, 0.3) is 0 Å². The van der Waals surface area contributed by atoms with Crippen LogP contribution in [0.1, 0.15) is 5.56 Å². The van der Waals surface area contributed by atoms with Crippen molar-refractivity contribution in [3.8, 4) is 11.5 Å². The summed E-state index contributed by atoms with van der Waals surface area (Å²) in [5.74, 6) is -1.59. The molecule has 104 valence electrons. The first-order valence-corrected chi connectivity index (χ1v) is 5.35. The third kappa shape index (κ3) is 5.04. The van der Waals surface area contributed by atoms with Gasteiger partial charge in [0.2, 0.25) is 0 Å². The van der Waals surface area contributed by atoms with E-state index in [-0.39, 0.29) is 10.0 Å². The molecule has 0 aliphatic heterocycles. The van der Waals surface area contributed by atoms with E-state index in [0.29, 0.717) is 0 Å². The summed E-state index contributed by atoms with van der Waals surface area (Å²) in [5, 5.41) is 12.9. The van der Waals surface area contributed by atoms with E-state index >= 15 is 0 Å². The van der Waals surface area contributed by atoms with Crippen molar-refractivity contribution in [3.05, 3.63) is 22.2 Å². The van der Waals surface area contributed by atoms with Crippen LogP contribution in [-0.4, -0.2) is 23.7 Å². The van der Waals surface area contributed by atoms with E-state index in [2.05, 4.69) is 25.8 Å². The quantitative estimate of drug-likeness (QED) is 0.579. The number of benzene rings is 1. The minimum Gasteiger partial charge on any atom is -0.504 e. The molecule has 6 nitrogen and oxygen atoms in total. The summed E-state index contributed by atoms with van der Waals surface area (Å²) in [6.45, 7) is 0. The molecule has 1 aromatic carbocycles. The molecule has 0 aliphatic carbocycles. The zero-order valence-corrected chi connectivity index (χ0v) is 10.6. The van der Waals surface area contributed by atoms with Crippen molar-refractivity contribution in [1.29, 1.82) is 0 Å². The molecular weight excluding hydrogens is 335 g/mol. The molecule has 0 saturated heterocycles. The molecule has 0 atom stereocenters. The van der Waals surface area contributed by atoms with Gasteiger partial charge in [-0.1, -0.05) is 15.9 Å². The van der Waals surface area contributed by atoms with Crippen LogP contribution in [0.15, 0.2) is 21.7 Å². The van der Waals surface area contributed by atoms with Crippen LogP contribution in [0.5, 0.6) is 11.5 Å². The number of phenolic OH excluding ortho intramolecular Hbond substituents is 1. The fraction of sp³-hybridized carbons (Fsp3) is 0.111. The van der Waals surface area contributed by atoms with Gasteiger partial charge < -0.3 is 15.6 Å². The number of carbonyl (C=O) groups excluding carboxylic acids is 1. The van der Waals surface area contributed by atoms with Crippen molar-refractivity contribution in [2.45, 2.75) is 6.36 Å². The van der Waals surface area contributed by atoms with Gasteiger partial charge in [0, 0.05) is 10.0 Å². The summed E-state index contributed by atoms with van der Waals surface area (Å²) in [7, 11) is 0. The van der Waals surface area contributed by atoms with Gasteiger partial charge in [-0.3, -0.25) is 0 Å². The number of aromatic hydroxyl groups is 1. The second kappa shape index (κ2) is 5.78. The second-order valence-corrected chi connectivity index (χ2v) is 4.04. The average molecular weight is 342 g/mol. The fourth-order valence-corrected chi connectivity index (χ4v) is 1.52. The predicted octanol–water partition coefficient (Wildman–Crippen LogP) is 2.06. The highest BCUT2D eigenvalue weighted by atomic mass is 79.9. The number of rotatable bonds is 3. The summed E-state index contributed by atoms with van der Waals surface area (Å²) < 4.78 is 40.1. The third-order valence-electron chi connectivity index (χ3n) is 1.67. The molecule has 0 unspecified atom stereocenters. The monoisotopic (exact) mass is 341 g/mol. The van der Waals surface area contributed by atoms with Crippen molar-refractivity contribution in [2.24, 2.45) is 10.8 Å². The van der Waals surface area contributed by atoms with E-state index in [1.165, 1.54) is 6.07 Å². The van der Waals surface area contributed by atoms with Crippen LogP contribution in [0.4, 0.5) is 18.0 Å². The lowest BCUT2D eigenvalue weighted by atomic mass is 10.2. The first-order chi connectivity index (χ1) is 8.69. The minimum atomic E-state index is -4.95. The lowest BCUT2D eigenvalue weighted by molar-refractivity contribution is -0.275. The Kier molecular flexibility index (Phi) is 4.59. The third-order valence-corrected chi connectivity index (χ3v) is 2.13. The number of hydrazone groups is 1. The maximum absolute atomic E-state index is 12.1. The maximum atomic E-state index is 12.1. The van der Waals surface area contributed by atoms with Crippen molar-refractivity contribution in [1.82, 2.24) is 5.43 Å². The van der Waals surface area contributed by atoms with E-state index in [4.69, 9.17) is 5.73 Å². The summed E-state index contributed by atoms with van der Waals surface area (Å²) in [6, 6.07) is 1.24. The number of nitrogens with two attached hydrogens (primary N) is 1. The molecule has 0 bridgehead atoms. The molecule has 1 aromatic rings. The van der Waals surface area contributed by atoms with Gasteiger partial charge in [-0.05, 0) is 12.1 Å². The Labute approximate surface area is 113 Å². The van der Waals surface area contributed by atoms with Gasteiger partial charge in [-0.2, -0.15) is 5.10 Å². The maximum Gasteiger partial charge on any atom is 0.573 e. The summed E-state index contributed by atoms with van der Waals surface area (Å²) in [6.07, 6.45) is -4.04. The molecule has 2 amide bonds. The molecule has 0 heterocycles. The van der Waals surface area contributed by atoms with E-state index in [9.17, 15) is 23.1 Å². The first kappa shape index (κ1) is 15.1. The van der Waals surface area contributed by atoms with Crippen molar-refractivity contribution in [2.75, 3.05) is 0 Å². The van der Waals surface area contributed by atoms with Gasteiger partial charge in [0.05, 0.1) is 6.21 Å². The molecule has 1 rings (SSSR count). The minimum absolute atomic E-state index is 0.109. The Hall–Kier alpha value is -1.97. The van der Waals surface area contributed by atoms with Crippen LogP contribution in [0, 0.1) is 0 Å². The van der Waals surface area contributed by atoms with E-state index in [0.717, 1.165) is 12.3 Å². The molecule has 0 saturated carbocycles. The molecule has 0 fully saturated rings. The molecule has 0 spiro atoms. The number of nitrogens with zero attached hydrogens (tertiary/aromatic N) is 1. The van der Waals surface area contributed by atoms with Crippen LogP contribution < -0.4 is 15.9 Å². The fourth-order valence-electron chi connectivity index (χ4n) is 1.06. The Bertz CT molecular complexity index is 519. The van der Waals surface area contributed by atoms with E-state index in [1.54, 1.807) is 0 Å². The molecule has 10 heteroatoms. The number of hydrogen-bond acceptors (Lipinski definition) is 4. The highest BCUT2D eigenvalue weighted by molar-refractivity contribution is 9.10. The normalized spacial score (nSPS) is 11.6. The van der Waals surface area contributed by atoms with Crippen molar-refractivity contribution in [3.63, 3.8) is 0 Å². The number of urea groups is 1. The highest BCUT2D eigenvalue weighted by Gasteiger charge is 2.32. The Balaban J connectivity index is 3.06. The second-order valence-electron chi connectivity index (χ2n) is 3.12. The van der Waals surface area contributed by atoms with Gasteiger partial charge in [-0.25, -0.2) is 10.2 Å². The van der Waals surface area contributed by atoms with Crippen molar-refractivity contribution < 1.29 is 27.8 Å². The van der Waals surface area contributed by atoms with Crippen LogP contribution in [0.2, 0.25) is 0 Å². The van der Waals surface area contributed by atoms with Gasteiger partial charge in [0.1, 0.15) is 0 Å². The smallest absolute Gasteiger partial charge is 0.504 e. The molecule has 0 aliphatic rings. The molecule has 19 heavy (non-hydrogen) atoms. The SMILES string of the molecule is NC(=O)NN=Cc1cc(Br)cc(OC(F)(F)F)c1O. The lowest BCUT2D eigenvalue weighted by Crippen LogP contribution is -2.24. The topological polar surface area (TPSA) is 96.9 Å². The lowest BCUT2D eigenvalue weighted by Gasteiger charge is -2.12. The first-order valence-electron chi connectivity index (χ1n) is 4.56. The predicted molar refractivity (Wildman–Crippen MR) is 62.8 cm³/mol. The Morgan fingerprint density at radius 3 is 2.68 bits per heavy atom. The zero-order valence-electron chi connectivity index (χ0n) is 9.03. The largest absolute Gasteiger partial charge is 0.573 e. The summed E-state index contributed by atoms with van der Waals surface area (Å²) in [5.41, 5.74) is 6.45. The van der Waals surface area contributed by atoms with E-state index < -0.39 is 23.9 Å². The number of ether oxygens (including phenoxy) is 1. The number of nitrogens with one attached hydrogen (secondary N) is 1. The standard InChI is InChI=1S/C9H7BrF3N3O3/c10-5-1-4(3-15-16-8(14)18)7(17)6(2-5)19-9(11,12)13/h1-3,17H,(H3,14,16,18). The summed E-state index contributed by atoms with van der Waals surface area (Å²) >= 11 is 2.94. The van der Waals surface area contributed by atoms with E-state index in [1.807, 2.05) is 5.43 Å². The number of primary amides is 1. The van der Waals surface area contributed by atoms with Crippen molar-refractivity contribution >= 4 is 28.2 Å². The number of phenols is 1. The van der Waals surface area contributed by atoms with Gasteiger partial charge >= 0.3 is 12.4 Å². The van der Waals surface area contributed by atoms with Crippen LogP contribution in [-0.2, 0) is 0 Å². The van der Waals surface area contributed by atoms with Crippen LogP contribution in [0.3, 0.4) is 0 Å². The number of carbonyl (C=O) groups is 1. The number of halogens is 4. The molecule has 0 radical (unpaired) electrons.